The standard InChI is InChI=1S/C29H20INO3/c30-25-14-6-21(7-15-25)19-33-26-16-8-20(9-17-26)18-27-29(32)34-28(31-27)24-12-10-23(11-13-24)22-4-2-1-3-5-22/h1-18H,19H2/b27-18-. The summed E-state index contributed by atoms with van der Waals surface area (Å²) >= 11 is 2.28. The molecule has 0 amide bonds. The Morgan fingerprint density at radius 2 is 1.41 bits per heavy atom. The number of hydrogen-bond donors (Lipinski definition) is 0. The van der Waals surface area contributed by atoms with Crippen LogP contribution in [0.15, 0.2) is 114 Å². The lowest BCUT2D eigenvalue weighted by atomic mass is 10.0. The smallest absolute Gasteiger partial charge is 0.363 e. The molecule has 34 heavy (non-hydrogen) atoms. The molecule has 0 fully saturated rings. The fourth-order valence-electron chi connectivity index (χ4n) is 3.53. The molecule has 5 heteroatoms. The molecular formula is C29H20INO3. The summed E-state index contributed by atoms with van der Waals surface area (Å²) in [6, 6.07) is 33.7. The Morgan fingerprint density at radius 3 is 2.12 bits per heavy atom. The summed E-state index contributed by atoms with van der Waals surface area (Å²) in [7, 11) is 0. The summed E-state index contributed by atoms with van der Waals surface area (Å²) in [6.45, 7) is 0.500. The van der Waals surface area contributed by atoms with Crippen molar-refractivity contribution in [3.8, 4) is 16.9 Å². The molecular weight excluding hydrogens is 537 g/mol. The first kappa shape index (κ1) is 22.1. The fraction of sp³-hybridized carbons (Fsp3) is 0.0345. The molecule has 0 aromatic heterocycles. The summed E-state index contributed by atoms with van der Waals surface area (Å²) in [5.41, 5.74) is 5.21. The van der Waals surface area contributed by atoms with Crippen molar-refractivity contribution in [2.24, 2.45) is 4.99 Å². The van der Waals surface area contributed by atoms with Gasteiger partial charge in [-0.3, -0.25) is 0 Å². The average molecular weight is 557 g/mol. The lowest BCUT2D eigenvalue weighted by molar-refractivity contribution is -0.129. The van der Waals surface area contributed by atoms with Crippen molar-refractivity contribution >= 4 is 40.5 Å². The van der Waals surface area contributed by atoms with E-state index < -0.39 is 5.97 Å². The molecule has 1 heterocycles. The van der Waals surface area contributed by atoms with Gasteiger partial charge in [-0.2, -0.15) is 0 Å². The second-order valence-electron chi connectivity index (χ2n) is 7.76. The molecule has 4 nitrogen and oxygen atoms in total. The highest BCUT2D eigenvalue weighted by Crippen LogP contribution is 2.24. The van der Waals surface area contributed by atoms with Gasteiger partial charge in [-0.25, -0.2) is 9.79 Å². The van der Waals surface area contributed by atoms with Gasteiger partial charge in [-0.05, 0) is 87.3 Å². The van der Waals surface area contributed by atoms with Crippen LogP contribution in [-0.2, 0) is 16.1 Å². The molecule has 0 atom stereocenters. The van der Waals surface area contributed by atoms with Gasteiger partial charge in [0, 0.05) is 9.13 Å². The Kier molecular flexibility index (Phi) is 6.53. The van der Waals surface area contributed by atoms with Crippen molar-refractivity contribution in [2.75, 3.05) is 0 Å². The summed E-state index contributed by atoms with van der Waals surface area (Å²) in [4.78, 5) is 16.8. The average Bonchev–Trinajstić information content (AvgIpc) is 3.25. The van der Waals surface area contributed by atoms with Crippen LogP contribution in [-0.4, -0.2) is 11.9 Å². The summed E-state index contributed by atoms with van der Waals surface area (Å²) < 4.78 is 12.5. The number of nitrogens with zero attached hydrogens (tertiary/aromatic N) is 1. The van der Waals surface area contributed by atoms with Crippen LogP contribution in [0.25, 0.3) is 17.2 Å². The highest BCUT2D eigenvalue weighted by molar-refractivity contribution is 14.1. The summed E-state index contributed by atoms with van der Waals surface area (Å²) in [5.74, 6) is 0.618. The van der Waals surface area contributed by atoms with E-state index in [0.717, 1.165) is 33.6 Å². The van der Waals surface area contributed by atoms with Gasteiger partial charge in [0.15, 0.2) is 5.70 Å². The largest absolute Gasteiger partial charge is 0.489 e. The van der Waals surface area contributed by atoms with Gasteiger partial charge in [-0.1, -0.05) is 66.7 Å². The molecule has 5 rings (SSSR count). The van der Waals surface area contributed by atoms with Crippen molar-refractivity contribution in [3.05, 3.63) is 129 Å². The number of esters is 1. The number of hydrogen-bond acceptors (Lipinski definition) is 4. The van der Waals surface area contributed by atoms with Crippen LogP contribution in [0.2, 0.25) is 0 Å². The molecule has 0 unspecified atom stereocenters. The molecule has 4 aromatic carbocycles. The van der Waals surface area contributed by atoms with Crippen LogP contribution in [0.3, 0.4) is 0 Å². The molecule has 0 aliphatic carbocycles. The van der Waals surface area contributed by atoms with Crippen LogP contribution in [0.1, 0.15) is 16.7 Å². The lowest BCUT2D eigenvalue weighted by Crippen LogP contribution is -2.05. The van der Waals surface area contributed by atoms with Crippen LogP contribution in [0.5, 0.6) is 5.75 Å². The molecule has 4 aromatic rings. The Hall–Kier alpha value is -3.71. The molecule has 0 radical (unpaired) electrons. The molecule has 1 aliphatic heterocycles. The van der Waals surface area contributed by atoms with Gasteiger partial charge in [0.2, 0.25) is 5.90 Å². The molecule has 0 bridgehead atoms. The van der Waals surface area contributed by atoms with Crippen LogP contribution < -0.4 is 4.74 Å². The predicted molar refractivity (Wildman–Crippen MR) is 142 cm³/mol. The maximum Gasteiger partial charge on any atom is 0.363 e. The predicted octanol–water partition coefficient (Wildman–Crippen LogP) is 6.88. The number of carbonyl (C=O) groups is 1. The van der Waals surface area contributed by atoms with Crippen LogP contribution >= 0.6 is 22.6 Å². The minimum absolute atomic E-state index is 0.273. The maximum absolute atomic E-state index is 12.4. The van der Waals surface area contributed by atoms with Gasteiger partial charge < -0.3 is 9.47 Å². The lowest BCUT2D eigenvalue weighted by Gasteiger charge is -2.06. The number of benzene rings is 4. The first-order chi connectivity index (χ1) is 16.6. The third-order valence-electron chi connectivity index (χ3n) is 5.36. The summed E-state index contributed by atoms with van der Waals surface area (Å²) in [5, 5.41) is 0. The number of halogens is 1. The topological polar surface area (TPSA) is 47.9 Å². The van der Waals surface area contributed by atoms with Crippen molar-refractivity contribution in [1.82, 2.24) is 0 Å². The number of carbonyl (C=O) groups excluding carboxylic acids is 1. The van der Waals surface area contributed by atoms with E-state index in [-0.39, 0.29) is 5.70 Å². The minimum atomic E-state index is -0.457. The quantitative estimate of drug-likeness (QED) is 0.148. The van der Waals surface area contributed by atoms with E-state index in [9.17, 15) is 4.79 Å². The Labute approximate surface area is 211 Å². The first-order valence-corrected chi connectivity index (χ1v) is 11.9. The van der Waals surface area contributed by atoms with Gasteiger partial charge >= 0.3 is 5.97 Å². The van der Waals surface area contributed by atoms with E-state index in [2.05, 4.69) is 64.0 Å². The zero-order valence-electron chi connectivity index (χ0n) is 18.1. The highest BCUT2D eigenvalue weighted by Gasteiger charge is 2.24. The SMILES string of the molecule is O=C1OC(c2ccc(-c3ccccc3)cc2)=N/C1=C\c1ccc(OCc2ccc(I)cc2)cc1. The van der Waals surface area contributed by atoms with Crippen LogP contribution in [0.4, 0.5) is 0 Å². The van der Waals surface area contributed by atoms with E-state index in [1.165, 1.54) is 3.57 Å². The highest BCUT2D eigenvalue weighted by atomic mass is 127. The van der Waals surface area contributed by atoms with E-state index in [4.69, 9.17) is 9.47 Å². The van der Waals surface area contributed by atoms with E-state index >= 15 is 0 Å². The van der Waals surface area contributed by atoms with Crippen molar-refractivity contribution in [1.29, 1.82) is 0 Å². The van der Waals surface area contributed by atoms with E-state index in [1.807, 2.05) is 66.7 Å². The second kappa shape index (κ2) is 10.1. The van der Waals surface area contributed by atoms with Gasteiger partial charge in [0.05, 0.1) is 0 Å². The van der Waals surface area contributed by atoms with Crippen molar-refractivity contribution < 1.29 is 14.3 Å². The molecule has 0 saturated heterocycles. The van der Waals surface area contributed by atoms with Crippen molar-refractivity contribution in [2.45, 2.75) is 6.61 Å². The van der Waals surface area contributed by atoms with Gasteiger partial charge in [0.25, 0.3) is 0 Å². The number of rotatable bonds is 6. The molecule has 0 saturated carbocycles. The minimum Gasteiger partial charge on any atom is -0.489 e. The van der Waals surface area contributed by atoms with Crippen molar-refractivity contribution in [3.63, 3.8) is 0 Å². The number of aliphatic imine (C=N–C) groups is 1. The third-order valence-corrected chi connectivity index (χ3v) is 6.08. The zero-order valence-corrected chi connectivity index (χ0v) is 20.3. The normalized spacial score (nSPS) is 14.1. The Balaban J connectivity index is 1.26. The molecule has 0 N–H and O–H groups in total. The number of cyclic esters (lactones) is 1. The third kappa shape index (κ3) is 5.26. The van der Waals surface area contributed by atoms with Crippen LogP contribution in [0, 0.1) is 3.57 Å². The first-order valence-electron chi connectivity index (χ1n) is 10.8. The zero-order chi connectivity index (χ0) is 23.3. The number of ether oxygens (including phenoxy) is 2. The summed E-state index contributed by atoms with van der Waals surface area (Å²) in [6.07, 6.45) is 1.72. The fourth-order valence-corrected chi connectivity index (χ4v) is 3.89. The van der Waals surface area contributed by atoms with Gasteiger partial charge in [0.1, 0.15) is 12.4 Å². The van der Waals surface area contributed by atoms with Gasteiger partial charge in [-0.15, -0.1) is 0 Å². The van der Waals surface area contributed by atoms with E-state index in [1.54, 1.807) is 6.08 Å². The second-order valence-corrected chi connectivity index (χ2v) is 9.01. The Bertz CT molecular complexity index is 1360. The molecule has 0 spiro atoms. The molecule has 1 aliphatic rings. The Morgan fingerprint density at radius 1 is 0.765 bits per heavy atom. The van der Waals surface area contributed by atoms with E-state index in [0.29, 0.717) is 12.5 Å². The maximum atomic E-state index is 12.4. The molecule has 166 valence electrons. The monoisotopic (exact) mass is 557 g/mol.